The number of halogens is 5. The molecule has 0 spiro atoms. The summed E-state index contributed by atoms with van der Waals surface area (Å²) in [5.74, 6) is -2.80. The molecule has 3 heterocycles. The van der Waals surface area contributed by atoms with Crippen LogP contribution in [0.1, 0.15) is 48.6 Å². The summed E-state index contributed by atoms with van der Waals surface area (Å²) in [4.78, 5) is 31.1. The largest absolute Gasteiger partial charge is 0.451 e. The molecule has 1 saturated heterocycles. The molecule has 2 aromatic heterocycles. The van der Waals surface area contributed by atoms with Crippen molar-refractivity contribution in [2.75, 3.05) is 36.9 Å². The molecule has 2 amide bonds. The summed E-state index contributed by atoms with van der Waals surface area (Å²) in [5, 5.41) is 13.8. The highest BCUT2D eigenvalue weighted by Crippen LogP contribution is 2.35. The third-order valence-corrected chi connectivity index (χ3v) is 6.71. The Kier molecular flexibility index (Phi) is 8.19. The van der Waals surface area contributed by atoms with Gasteiger partial charge in [-0.15, -0.1) is 0 Å². The van der Waals surface area contributed by atoms with Gasteiger partial charge in [0.1, 0.15) is 34.6 Å². The Morgan fingerprint density at radius 3 is 2.40 bits per heavy atom. The van der Waals surface area contributed by atoms with Crippen molar-refractivity contribution in [1.29, 1.82) is 0 Å². The normalized spacial score (nSPS) is 16.0. The second-order valence-electron chi connectivity index (χ2n) is 9.87. The summed E-state index contributed by atoms with van der Waals surface area (Å²) < 4.78 is 67.2. The summed E-state index contributed by atoms with van der Waals surface area (Å²) in [5.41, 5.74) is -1.15. The highest BCUT2D eigenvalue weighted by molar-refractivity contribution is 5.89. The minimum Gasteiger partial charge on any atom is -0.383 e. The van der Waals surface area contributed by atoms with Crippen LogP contribution in [0.4, 0.5) is 38.3 Å². The lowest BCUT2D eigenvalue weighted by atomic mass is 9.85. The lowest BCUT2D eigenvalue weighted by molar-refractivity contribution is -0.144. The first-order valence-electron chi connectivity index (χ1n) is 12.4. The van der Waals surface area contributed by atoms with Gasteiger partial charge in [0.05, 0.1) is 12.2 Å². The van der Waals surface area contributed by atoms with Crippen LogP contribution in [0.15, 0.2) is 36.7 Å². The molecule has 1 aliphatic heterocycles. The molecule has 14 heteroatoms. The SMILES string of the molecule is Cc1ncc(C(C)(O)CN(C)c2ccnc(C(F)(F)F)n2)c(C2CCN(C(=O)Nc3c(F)cccc3F)CC2)n1. The van der Waals surface area contributed by atoms with Crippen LogP contribution in [0.25, 0.3) is 0 Å². The second kappa shape index (κ2) is 11.3. The van der Waals surface area contributed by atoms with Gasteiger partial charge < -0.3 is 20.2 Å². The van der Waals surface area contributed by atoms with Crippen molar-refractivity contribution in [3.05, 3.63) is 71.2 Å². The molecular formula is C26H28F5N7O2. The maximum Gasteiger partial charge on any atom is 0.451 e. The Hall–Kier alpha value is -3.94. The van der Waals surface area contributed by atoms with Crippen molar-refractivity contribution in [3.63, 3.8) is 0 Å². The van der Waals surface area contributed by atoms with E-state index in [-0.39, 0.29) is 31.4 Å². The molecule has 40 heavy (non-hydrogen) atoms. The zero-order valence-corrected chi connectivity index (χ0v) is 22.0. The van der Waals surface area contributed by atoms with Gasteiger partial charge in [-0.25, -0.2) is 33.5 Å². The molecule has 0 saturated carbocycles. The summed E-state index contributed by atoms with van der Waals surface area (Å²) >= 11 is 0. The smallest absolute Gasteiger partial charge is 0.383 e. The highest BCUT2D eigenvalue weighted by Gasteiger charge is 2.37. The van der Waals surface area contributed by atoms with Crippen LogP contribution in [0.3, 0.4) is 0 Å². The minimum absolute atomic E-state index is 0.0252. The minimum atomic E-state index is -4.72. The van der Waals surface area contributed by atoms with Crippen molar-refractivity contribution in [2.45, 2.75) is 44.4 Å². The first-order valence-corrected chi connectivity index (χ1v) is 12.4. The van der Waals surface area contributed by atoms with E-state index in [0.717, 1.165) is 18.3 Å². The predicted octanol–water partition coefficient (Wildman–Crippen LogP) is 4.63. The van der Waals surface area contributed by atoms with Crippen LogP contribution in [-0.2, 0) is 11.8 Å². The molecule has 1 unspecified atom stereocenters. The maximum absolute atomic E-state index is 14.0. The Balaban J connectivity index is 1.48. The average Bonchev–Trinajstić information content (AvgIpc) is 2.90. The van der Waals surface area contributed by atoms with Gasteiger partial charge in [-0.2, -0.15) is 13.2 Å². The molecule has 9 nitrogen and oxygen atoms in total. The number of nitrogens with zero attached hydrogens (tertiary/aromatic N) is 6. The van der Waals surface area contributed by atoms with Crippen LogP contribution in [0, 0.1) is 18.6 Å². The fourth-order valence-corrected chi connectivity index (χ4v) is 4.70. The summed E-state index contributed by atoms with van der Waals surface area (Å²) in [6.45, 7) is 3.60. The number of likely N-dealkylation sites (tertiary alicyclic amines) is 1. The van der Waals surface area contributed by atoms with E-state index in [1.165, 1.54) is 42.1 Å². The number of rotatable bonds is 6. The first kappa shape index (κ1) is 29.1. The third kappa shape index (κ3) is 6.43. The van der Waals surface area contributed by atoms with Crippen LogP contribution in [0.2, 0.25) is 0 Å². The number of nitrogens with one attached hydrogen (secondary N) is 1. The number of amides is 2. The van der Waals surface area contributed by atoms with Crippen LogP contribution < -0.4 is 10.2 Å². The van der Waals surface area contributed by atoms with Crippen molar-refractivity contribution < 1.29 is 31.9 Å². The first-order chi connectivity index (χ1) is 18.8. The number of carbonyl (C=O) groups excluding carboxylic acids is 1. The van der Waals surface area contributed by atoms with Crippen LogP contribution in [-0.4, -0.2) is 62.7 Å². The number of aromatic nitrogens is 4. The second-order valence-corrected chi connectivity index (χ2v) is 9.87. The molecule has 1 fully saturated rings. The van der Waals surface area contributed by atoms with Gasteiger partial charge in [0.2, 0.25) is 5.82 Å². The van der Waals surface area contributed by atoms with Crippen LogP contribution >= 0.6 is 0 Å². The Morgan fingerprint density at radius 1 is 1.12 bits per heavy atom. The maximum atomic E-state index is 14.0. The lowest BCUT2D eigenvalue weighted by Gasteiger charge is -2.35. The predicted molar refractivity (Wildman–Crippen MR) is 136 cm³/mol. The number of hydrogen-bond donors (Lipinski definition) is 2. The molecule has 2 N–H and O–H groups in total. The summed E-state index contributed by atoms with van der Waals surface area (Å²) in [7, 11) is 1.50. The molecule has 214 valence electrons. The van der Waals surface area contributed by atoms with E-state index in [4.69, 9.17) is 0 Å². The topological polar surface area (TPSA) is 107 Å². The molecule has 3 aromatic rings. The zero-order valence-electron chi connectivity index (χ0n) is 22.0. The number of benzene rings is 1. The fourth-order valence-electron chi connectivity index (χ4n) is 4.70. The van der Waals surface area contributed by atoms with E-state index >= 15 is 0 Å². The third-order valence-electron chi connectivity index (χ3n) is 6.71. The number of urea groups is 1. The molecule has 0 aliphatic carbocycles. The van der Waals surface area contributed by atoms with E-state index in [9.17, 15) is 31.9 Å². The number of alkyl halides is 3. The van der Waals surface area contributed by atoms with Gasteiger partial charge in [0.15, 0.2) is 0 Å². The van der Waals surface area contributed by atoms with Crippen molar-refractivity contribution in [3.8, 4) is 0 Å². The summed E-state index contributed by atoms with van der Waals surface area (Å²) in [6.07, 6.45) is -1.33. The molecule has 0 radical (unpaired) electrons. The average molecular weight is 566 g/mol. The highest BCUT2D eigenvalue weighted by atomic mass is 19.4. The molecule has 0 bridgehead atoms. The molecule has 1 aromatic carbocycles. The van der Waals surface area contributed by atoms with Crippen molar-refractivity contribution in [2.24, 2.45) is 0 Å². The number of aliphatic hydroxyl groups is 1. The van der Waals surface area contributed by atoms with Crippen molar-refractivity contribution >= 4 is 17.5 Å². The van der Waals surface area contributed by atoms with Gasteiger partial charge in [0, 0.05) is 44.0 Å². The molecule has 1 atom stereocenters. The molecule has 4 rings (SSSR count). The number of para-hydroxylation sites is 1. The van der Waals surface area contributed by atoms with Gasteiger partial charge in [-0.1, -0.05) is 6.07 Å². The number of carbonyl (C=O) groups is 1. The lowest BCUT2D eigenvalue weighted by Crippen LogP contribution is -2.42. The Morgan fingerprint density at radius 2 is 1.77 bits per heavy atom. The number of likely N-dealkylation sites (N-methyl/N-ethyl adjacent to an activating group) is 1. The number of aryl methyl sites for hydroxylation is 1. The molecule has 1 aliphatic rings. The van der Waals surface area contributed by atoms with Gasteiger partial charge >= 0.3 is 12.2 Å². The van der Waals surface area contributed by atoms with E-state index in [0.29, 0.717) is 29.9 Å². The fraction of sp³-hybridized carbons (Fsp3) is 0.423. The van der Waals surface area contributed by atoms with Crippen molar-refractivity contribution in [1.82, 2.24) is 24.8 Å². The van der Waals surface area contributed by atoms with Crippen LogP contribution in [0.5, 0.6) is 0 Å². The standard InChI is InChI=1S/C26H28F5N7O2/c1-15-33-13-17(25(2,40)14-37(3)20-7-10-32-23(35-20)26(29,30)31)21(34-15)16-8-11-38(12-9-16)24(39)36-22-18(27)5-4-6-19(22)28/h4-7,10,13,16,40H,8-9,11-12,14H2,1-3H3,(H,36,39). The van der Waals surface area contributed by atoms with E-state index < -0.39 is 41.0 Å². The van der Waals surface area contributed by atoms with Gasteiger partial charge in [-0.05, 0) is 44.9 Å². The summed E-state index contributed by atoms with van der Waals surface area (Å²) in [6, 6.07) is 3.97. The Labute approximate surface area is 227 Å². The number of anilines is 2. The van der Waals surface area contributed by atoms with Gasteiger partial charge in [-0.3, -0.25) is 0 Å². The van der Waals surface area contributed by atoms with Gasteiger partial charge in [0.25, 0.3) is 0 Å². The molecular weight excluding hydrogens is 537 g/mol. The zero-order chi connectivity index (χ0) is 29.2. The van der Waals surface area contributed by atoms with E-state index in [1.54, 1.807) is 6.92 Å². The quantitative estimate of drug-likeness (QED) is 0.420. The Bertz CT molecular complexity index is 1360. The van der Waals surface area contributed by atoms with E-state index in [2.05, 4.69) is 25.3 Å². The monoisotopic (exact) mass is 565 g/mol. The number of piperidine rings is 1. The number of hydrogen-bond acceptors (Lipinski definition) is 7. The van der Waals surface area contributed by atoms with E-state index in [1.807, 2.05) is 0 Å².